The Morgan fingerprint density at radius 3 is 2.50 bits per heavy atom. The van der Waals surface area contributed by atoms with Crippen molar-refractivity contribution in [3.63, 3.8) is 0 Å². The van der Waals surface area contributed by atoms with Gasteiger partial charge in [0.05, 0.1) is 0 Å². The molecule has 0 unspecified atom stereocenters. The van der Waals surface area contributed by atoms with Crippen LogP contribution in [0.1, 0.15) is 76.5 Å². The van der Waals surface area contributed by atoms with Gasteiger partial charge in [0.25, 0.3) is 0 Å². The third-order valence-electron chi connectivity index (χ3n) is 9.61. The molecular formula is C35H44N4O4S. The van der Waals surface area contributed by atoms with E-state index < -0.39 is 5.60 Å². The van der Waals surface area contributed by atoms with E-state index in [-0.39, 0.29) is 23.3 Å². The molecule has 2 amide bonds. The van der Waals surface area contributed by atoms with Gasteiger partial charge in [0, 0.05) is 73.0 Å². The van der Waals surface area contributed by atoms with Gasteiger partial charge in [-0.05, 0) is 88.0 Å². The van der Waals surface area contributed by atoms with Gasteiger partial charge in [-0.25, -0.2) is 4.79 Å². The van der Waals surface area contributed by atoms with E-state index in [0.717, 1.165) is 74.0 Å². The quantitative estimate of drug-likeness (QED) is 0.314. The van der Waals surface area contributed by atoms with Crippen LogP contribution in [0.25, 0.3) is 22.0 Å². The Morgan fingerprint density at radius 1 is 1.09 bits per heavy atom. The molecule has 0 atom stereocenters. The lowest BCUT2D eigenvalue weighted by Gasteiger charge is -2.51. The van der Waals surface area contributed by atoms with Crippen LogP contribution in [0.15, 0.2) is 48.7 Å². The SMILES string of the molecule is CC(C)(C)OC(=O)N1CCC2(CC1)CC(C(=O)NCc1ccc3c(-c4cccc(C(N)=S)c4)cn(C4CCOCC4)c3c1)C2. The summed E-state index contributed by atoms with van der Waals surface area (Å²) >= 11 is 5.24. The largest absolute Gasteiger partial charge is 0.444 e. The zero-order valence-electron chi connectivity index (χ0n) is 26.1. The monoisotopic (exact) mass is 616 g/mol. The number of nitrogens with two attached hydrogens (primary N) is 1. The number of rotatable bonds is 6. The lowest BCUT2D eigenvalue weighted by atomic mass is 9.57. The maximum absolute atomic E-state index is 13.2. The first-order chi connectivity index (χ1) is 21.0. The minimum Gasteiger partial charge on any atom is -0.444 e. The number of nitrogens with one attached hydrogen (secondary N) is 1. The van der Waals surface area contributed by atoms with Crippen LogP contribution in [0.3, 0.4) is 0 Å². The number of carbonyl (C=O) groups excluding carboxylic acids is 2. The van der Waals surface area contributed by atoms with Crippen LogP contribution in [0.5, 0.6) is 0 Å². The number of carbonyl (C=O) groups is 2. The third kappa shape index (κ3) is 6.49. The van der Waals surface area contributed by atoms with E-state index in [1.165, 1.54) is 10.9 Å². The molecule has 2 aliphatic heterocycles. The van der Waals surface area contributed by atoms with Gasteiger partial charge in [0.15, 0.2) is 0 Å². The van der Waals surface area contributed by atoms with Crippen molar-refractivity contribution in [3.05, 3.63) is 59.8 Å². The Bertz CT molecular complexity index is 1550. The molecule has 2 saturated heterocycles. The van der Waals surface area contributed by atoms with Crippen LogP contribution in [-0.2, 0) is 20.8 Å². The highest BCUT2D eigenvalue weighted by molar-refractivity contribution is 7.80. The van der Waals surface area contributed by atoms with Crippen LogP contribution in [0.4, 0.5) is 4.79 Å². The van der Waals surface area contributed by atoms with Gasteiger partial charge in [-0.3, -0.25) is 4.79 Å². The Morgan fingerprint density at radius 2 is 1.82 bits per heavy atom. The Kier molecular flexibility index (Phi) is 8.46. The maximum atomic E-state index is 13.2. The maximum Gasteiger partial charge on any atom is 0.410 e. The van der Waals surface area contributed by atoms with Crippen molar-refractivity contribution < 1.29 is 19.1 Å². The van der Waals surface area contributed by atoms with Crippen molar-refractivity contribution in [3.8, 4) is 11.1 Å². The number of ether oxygens (including phenoxy) is 2. The van der Waals surface area contributed by atoms with E-state index in [2.05, 4.69) is 46.4 Å². The van der Waals surface area contributed by atoms with E-state index in [0.29, 0.717) is 30.7 Å². The smallest absolute Gasteiger partial charge is 0.410 e. The summed E-state index contributed by atoms with van der Waals surface area (Å²) < 4.78 is 13.6. The van der Waals surface area contributed by atoms with Crippen LogP contribution in [0.2, 0.25) is 0 Å². The van der Waals surface area contributed by atoms with E-state index in [9.17, 15) is 9.59 Å². The number of benzene rings is 2. The van der Waals surface area contributed by atoms with Crippen molar-refractivity contribution in [1.82, 2.24) is 14.8 Å². The molecule has 3 aromatic rings. The predicted octanol–water partition coefficient (Wildman–Crippen LogP) is 6.34. The topological polar surface area (TPSA) is 98.8 Å². The molecule has 0 bridgehead atoms. The van der Waals surface area contributed by atoms with Crippen LogP contribution in [-0.4, -0.2) is 58.4 Å². The lowest BCUT2D eigenvalue weighted by Crippen LogP contribution is -2.52. The van der Waals surface area contributed by atoms with Gasteiger partial charge >= 0.3 is 6.09 Å². The molecule has 1 aromatic heterocycles. The molecule has 8 nitrogen and oxygen atoms in total. The molecule has 3 fully saturated rings. The molecule has 2 aromatic carbocycles. The van der Waals surface area contributed by atoms with E-state index in [1.807, 2.05) is 37.8 Å². The Hall–Kier alpha value is -3.43. The average molecular weight is 617 g/mol. The molecule has 1 saturated carbocycles. The molecule has 9 heteroatoms. The van der Waals surface area contributed by atoms with Gasteiger partial charge in [-0.2, -0.15) is 0 Å². The lowest BCUT2D eigenvalue weighted by molar-refractivity contribution is -0.135. The molecule has 0 radical (unpaired) electrons. The molecule has 1 spiro atoms. The minimum absolute atomic E-state index is 0.0328. The van der Waals surface area contributed by atoms with Crippen molar-refractivity contribution in [1.29, 1.82) is 0 Å². The summed E-state index contributed by atoms with van der Waals surface area (Å²) in [5, 5.41) is 4.39. The van der Waals surface area contributed by atoms with E-state index in [1.54, 1.807) is 0 Å². The molecule has 1 aliphatic carbocycles. The van der Waals surface area contributed by atoms with Gasteiger partial charge < -0.3 is 30.0 Å². The van der Waals surface area contributed by atoms with Gasteiger partial charge in [0.2, 0.25) is 5.91 Å². The molecule has 44 heavy (non-hydrogen) atoms. The highest BCUT2D eigenvalue weighted by Gasteiger charge is 2.49. The number of hydrogen-bond donors (Lipinski definition) is 2. The summed E-state index contributed by atoms with van der Waals surface area (Å²) in [6.45, 7) is 9.08. The average Bonchev–Trinajstić information content (AvgIpc) is 3.37. The summed E-state index contributed by atoms with van der Waals surface area (Å²) in [7, 11) is 0. The normalized spacial score (nSPS) is 19.1. The zero-order valence-corrected chi connectivity index (χ0v) is 26.9. The second kappa shape index (κ2) is 12.2. The molecule has 3 N–H and O–H groups in total. The van der Waals surface area contributed by atoms with Gasteiger partial charge in [-0.1, -0.05) is 42.5 Å². The fourth-order valence-corrected chi connectivity index (χ4v) is 7.27. The van der Waals surface area contributed by atoms with Crippen molar-refractivity contribution in [2.75, 3.05) is 26.3 Å². The van der Waals surface area contributed by atoms with Crippen molar-refractivity contribution >= 4 is 40.1 Å². The van der Waals surface area contributed by atoms with Gasteiger partial charge in [0.1, 0.15) is 10.6 Å². The van der Waals surface area contributed by atoms with Crippen LogP contribution < -0.4 is 11.1 Å². The second-order valence-corrected chi connectivity index (χ2v) is 14.3. The van der Waals surface area contributed by atoms with Gasteiger partial charge in [-0.15, -0.1) is 0 Å². The Labute approximate surface area is 265 Å². The third-order valence-corrected chi connectivity index (χ3v) is 9.85. The minimum atomic E-state index is -0.488. The zero-order chi connectivity index (χ0) is 31.1. The first-order valence-corrected chi connectivity index (χ1v) is 16.3. The molecular weight excluding hydrogens is 572 g/mol. The summed E-state index contributed by atoms with van der Waals surface area (Å²) in [5.74, 6) is 0.158. The molecule has 6 rings (SSSR count). The summed E-state index contributed by atoms with van der Waals surface area (Å²) in [4.78, 5) is 27.8. The molecule has 3 heterocycles. The standard InChI is InChI=1S/C35H44N4O4S/c1-34(2,3)43-33(41)38-13-11-35(12-14-38)19-26(20-35)32(40)37-21-23-7-8-28-29(24-5-4-6-25(18-24)31(36)44)22-39(30(28)17-23)27-9-15-42-16-10-27/h4-8,17-18,22,26-27H,9-16,19-21H2,1-3H3,(H2,36,44)(H,37,40). The highest BCUT2D eigenvalue weighted by atomic mass is 32.1. The number of aromatic nitrogens is 1. The number of piperidine rings is 1. The second-order valence-electron chi connectivity index (χ2n) is 13.9. The summed E-state index contributed by atoms with van der Waals surface area (Å²) in [6, 6.07) is 15.0. The van der Waals surface area contributed by atoms with E-state index in [4.69, 9.17) is 27.4 Å². The highest BCUT2D eigenvalue weighted by Crippen LogP contribution is 2.52. The van der Waals surface area contributed by atoms with Crippen LogP contribution >= 0.6 is 12.2 Å². The summed E-state index contributed by atoms with van der Waals surface area (Å²) in [6.07, 6.45) is 7.59. The number of nitrogens with zero attached hydrogens (tertiary/aromatic N) is 2. The van der Waals surface area contributed by atoms with Crippen LogP contribution in [0, 0.1) is 11.3 Å². The van der Waals surface area contributed by atoms with Crippen molar-refractivity contribution in [2.24, 2.45) is 17.1 Å². The Balaban J connectivity index is 1.11. The van der Waals surface area contributed by atoms with Crippen molar-refractivity contribution in [2.45, 2.75) is 77.5 Å². The molecule has 3 aliphatic rings. The first kappa shape index (κ1) is 30.6. The fourth-order valence-electron chi connectivity index (χ4n) is 7.15. The number of amides is 2. The number of thiocarbonyl (C=S) groups is 1. The first-order valence-electron chi connectivity index (χ1n) is 15.9. The number of fused-ring (bicyclic) bond motifs is 1. The molecule has 234 valence electrons. The predicted molar refractivity (Wildman–Crippen MR) is 176 cm³/mol. The fraction of sp³-hybridized carbons (Fsp3) is 0.514. The number of likely N-dealkylation sites (tertiary alicyclic amines) is 1. The summed E-state index contributed by atoms with van der Waals surface area (Å²) in [5.41, 5.74) is 11.0. The number of hydrogen-bond acceptors (Lipinski definition) is 5. The van der Waals surface area contributed by atoms with E-state index >= 15 is 0 Å².